The molecule has 0 radical (unpaired) electrons. The molecule has 134 valence electrons. The van der Waals surface area contributed by atoms with Gasteiger partial charge in [-0.15, -0.1) is 0 Å². The smallest absolute Gasteiger partial charge is 0.328 e. The lowest BCUT2D eigenvalue weighted by molar-refractivity contribution is -0.144. The van der Waals surface area contributed by atoms with E-state index >= 15 is 0 Å². The standard InChI is InChI=1S/C13H11Br.C7H13NO3/c1-10-7-8-12(14)9-13(10)11-5-3-2-4-6-11;1-3-4-6(8-5-9)7(10)11-2/h2-9H,1H3;5-6H,3-4H2,1-2H3,(H,8,9)/t;6-/m.0/s1. The van der Waals surface area contributed by atoms with E-state index < -0.39 is 6.04 Å². The molecular formula is C20H24BrNO3. The molecule has 0 spiro atoms. The first-order chi connectivity index (χ1) is 12.0. The van der Waals surface area contributed by atoms with E-state index in [0.29, 0.717) is 12.8 Å². The SMILES string of the molecule is CCC[C@H](NC=O)C(=O)OC.Cc1ccc(Br)cc1-c1ccccc1. The van der Waals surface area contributed by atoms with E-state index in [4.69, 9.17) is 0 Å². The van der Waals surface area contributed by atoms with Crippen LogP contribution in [0, 0.1) is 6.92 Å². The van der Waals surface area contributed by atoms with E-state index in [9.17, 15) is 9.59 Å². The number of benzene rings is 2. The van der Waals surface area contributed by atoms with E-state index in [1.165, 1.54) is 23.8 Å². The molecule has 0 saturated heterocycles. The number of aryl methyl sites for hydroxylation is 1. The minimum atomic E-state index is -0.484. The molecule has 4 nitrogen and oxygen atoms in total. The van der Waals surface area contributed by atoms with Crippen LogP contribution in [-0.4, -0.2) is 25.5 Å². The van der Waals surface area contributed by atoms with E-state index in [0.717, 1.165) is 10.9 Å². The zero-order valence-corrected chi connectivity index (χ0v) is 16.4. The van der Waals surface area contributed by atoms with Crippen LogP contribution in [0.3, 0.4) is 0 Å². The summed E-state index contributed by atoms with van der Waals surface area (Å²) in [4.78, 5) is 20.8. The zero-order valence-electron chi connectivity index (χ0n) is 14.8. The predicted octanol–water partition coefficient (Wildman–Crippen LogP) is 4.50. The first-order valence-corrected chi connectivity index (χ1v) is 8.91. The lowest BCUT2D eigenvalue weighted by Crippen LogP contribution is -2.36. The average molecular weight is 406 g/mol. The summed E-state index contributed by atoms with van der Waals surface area (Å²) >= 11 is 3.49. The second-order valence-corrected chi connectivity index (χ2v) is 6.39. The zero-order chi connectivity index (χ0) is 18.7. The van der Waals surface area contributed by atoms with Gasteiger partial charge in [-0.25, -0.2) is 4.79 Å². The van der Waals surface area contributed by atoms with E-state index in [1.54, 1.807) is 0 Å². The molecule has 2 aromatic rings. The highest BCUT2D eigenvalue weighted by Crippen LogP contribution is 2.26. The molecule has 1 amide bonds. The van der Waals surface area contributed by atoms with Crippen molar-refractivity contribution < 1.29 is 14.3 Å². The van der Waals surface area contributed by atoms with Gasteiger partial charge in [-0.3, -0.25) is 4.79 Å². The van der Waals surface area contributed by atoms with Gasteiger partial charge in [0.1, 0.15) is 6.04 Å². The van der Waals surface area contributed by atoms with Crippen LogP contribution in [0.5, 0.6) is 0 Å². The lowest BCUT2D eigenvalue weighted by Gasteiger charge is -2.11. The van der Waals surface area contributed by atoms with Crippen LogP contribution < -0.4 is 5.32 Å². The number of esters is 1. The lowest BCUT2D eigenvalue weighted by atomic mass is 10.0. The molecule has 1 atom stereocenters. The molecule has 0 unspecified atom stereocenters. The molecule has 2 aromatic carbocycles. The molecule has 5 heteroatoms. The summed E-state index contributed by atoms with van der Waals surface area (Å²) in [5, 5.41) is 2.38. The van der Waals surface area contributed by atoms with Crippen molar-refractivity contribution in [3.8, 4) is 11.1 Å². The molecule has 0 bridgehead atoms. The number of halogens is 1. The van der Waals surface area contributed by atoms with Crippen molar-refractivity contribution in [2.45, 2.75) is 32.7 Å². The Morgan fingerprint density at radius 3 is 2.48 bits per heavy atom. The molecule has 0 fully saturated rings. The largest absolute Gasteiger partial charge is 0.467 e. The number of rotatable bonds is 6. The van der Waals surface area contributed by atoms with Crippen LogP contribution in [0.15, 0.2) is 53.0 Å². The van der Waals surface area contributed by atoms with Crippen molar-refractivity contribution in [3.05, 3.63) is 58.6 Å². The number of hydrogen-bond acceptors (Lipinski definition) is 3. The van der Waals surface area contributed by atoms with Gasteiger partial charge in [0.05, 0.1) is 7.11 Å². The van der Waals surface area contributed by atoms with Gasteiger partial charge in [0, 0.05) is 4.47 Å². The highest BCUT2D eigenvalue weighted by molar-refractivity contribution is 9.10. The number of methoxy groups -OCH3 is 1. The van der Waals surface area contributed by atoms with Crippen LogP contribution in [0.1, 0.15) is 25.3 Å². The van der Waals surface area contributed by atoms with Crippen LogP contribution in [0.2, 0.25) is 0 Å². The van der Waals surface area contributed by atoms with Gasteiger partial charge in [-0.2, -0.15) is 0 Å². The van der Waals surface area contributed by atoms with Gasteiger partial charge >= 0.3 is 5.97 Å². The Morgan fingerprint density at radius 2 is 1.92 bits per heavy atom. The maximum absolute atomic E-state index is 10.8. The van der Waals surface area contributed by atoms with Gasteiger partial charge < -0.3 is 10.1 Å². The molecule has 0 aromatic heterocycles. The minimum Gasteiger partial charge on any atom is -0.467 e. The van der Waals surface area contributed by atoms with Crippen molar-refractivity contribution in [1.82, 2.24) is 5.32 Å². The second kappa shape index (κ2) is 11.4. The Labute approximate surface area is 157 Å². The first-order valence-electron chi connectivity index (χ1n) is 8.12. The topological polar surface area (TPSA) is 55.4 Å². The molecule has 25 heavy (non-hydrogen) atoms. The number of amides is 1. The normalized spacial score (nSPS) is 10.9. The van der Waals surface area contributed by atoms with Gasteiger partial charge in [-0.1, -0.05) is 65.7 Å². The molecule has 0 aliphatic rings. The molecule has 0 saturated carbocycles. The minimum absolute atomic E-state index is 0.390. The highest BCUT2D eigenvalue weighted by Gasteiger charge is 2.15. The first kappa shape index (κ1) is 20.9. The van der Waals surface area contributed by atoms with Crippen molar-refractivity contribution >= 4 is 28.3 Å². The Kier molecular flexibility index (Phi) is 9.55. The van der Waals surface area contributed by atoms with E-state index in [-0.39, 0.29) is 5.97 Å². The summed E-state index contributed by atoms with van der Waals surface area (Å²) in [6.45, 7) is 4.07. The Hall–Kier alpha value is -2.14. The third-order valence-electron chi connectivity index (χ3n) is 3.62. The number of hydrogen-bond donors (Lipinski definition) is 1. The summed E-state index contributed by atoms with van der Waals surface area (Å²) in [7, 11) is 1.30. The highest BCUT2D eigenvalue weighted by atomic mass is 79.9. The predicted molar refractivity (Wildman–Crippen MR) is 104 cm³/mol. The number of nitrogens with one attached hydrogen (secondary N) is 1. The Balaban J connectivity index is 0.000000260. The summed E-state index contributed by atoms with van der Waals surface area (Å²) in [6.07, 6.45) is 1.96. The van der Waals surface area contributed by atoms with Gasteiger partial charge in [0.15, 0.2) is 0 Å². The fourth-order valence-electron chi connectivity index (χ4n) is 2.31. The van der Waals surface area contributed by atoms with Gasteiger partial charge in [0.25, 0.3) is 0 Å². The summed E-state index contributed by atoms with van der Waals surface area (Å²) in [5.74, 6) is -0.390. The van der Waals surface area contributed by atoms with Gasteiger partial charge in [0.2, 0.25) is 6.41 Å². The fraction of sp³-hybridized carbons (Fsp3) is 0.300. The second-order valence-electron chi connectivity index (χ2n) is 5.47. The summed E-state index contributed by atoms with van der Waals surface area (Å²) in [6, 6.07) is 16.3. The summed E-state index contributed by atoms with van der Waals surface area (Å²) < 4.78 is 5.58. The average Bonchev–Trinajstić information content (AvgIpc) is 2.64. The monoisotopic (exact) mass is 405 g/mol. The van der Waals surface area contributed by atoms with Crippen LogP contribution in [-0.2, 0) is 14.3 Å². The molecule has 1 N–H and O–H groups in total. The summed E-state index contributed by atoms with van der Waals surface area (Å²) in [5.41, 5.74) is 3.87. The van der Waals surface area contributed by atoms with Crippen LogP contribution in [0.25, 0.3) is 11.1 Å². The number of carbonyl (C=O) groups excluding carboxylic acids is 2. The Bertz CT molecular complexity index is 674. The van der Waals surface area contributed by atoms with E-state index in [2.05, 4.69) is 75.4 Å². The van der Waals surface area contributed by atoms with Gasteiger partial charge in [-0.05, 0) is 42.2 Å². The molecule has 0 heterocycles. The third-order valence-corrected chi connectivity index (χ3v) is 4.11. The van der Waals surface area contributed by atoms with Crippen molar-refractivity contribution in [3.63, 3.8) is 0 Å². The maximum Gasteiger partial charge on any atom is 0.328 e. The Morgan fingerprint density at radius 1 is 1.24 bits per heavy atom. The molecule has 0 aliphatic heterocycles. The maximum atomic E-state index is 10.8. The van der Waals surface area contributed by atoms with Crippen molar-refractivity contribution in [1.29, 1.82) is 0 Å². The van der Waals surface area contributed by atoms with Crippen molar-refractivity contribution in [2.75, 3.05) is 7.11 Å². The van der Waals surface area contributed by atoms with Crippen LogP contribution >= 0.6 is 15.9 Å². The number of ether oxygens (including phenoxy) is 1. The van der Waals surface area contributed by atoms with E-state index in [1.807, 2.05) is 13.0 Å². The third kappa shape index (κ3) is 7.10. The molecular weight excluding hydrogens is 382 g/mol. The molecule has 0 aliphatic carbocycles. The quantitative estimate of drug-likeness (QED) is 0.568. The fourth-order valence-corrected chi connectivity index (χ4v) is 2.67. The van der Waals surface area contributed by atoms with Crippen molar-refractivity contribution in [2.24, 2.45) is 0 Å². The van der Waals surface area contributed by atoms with Crippen LogP contribution in [0.4, 0.5) is 0 Å². The molecule has 2 rings (SSSR count). The number of carbonyl (C=O) groups is 2.